The Kier molecular flexibility index (Phi) is 7.51. The van der Waals surface area contributed by atoms with Crippen LogP contribution in [0.25, 0.3) is 0 Å². The van der Waals surface area contributed by atoms with Crippen molar-refractivity contribution in [2.24, 2.45) is 0 Å². The molecule has 0 radical (unpaired) electrons. The van der Waals surface area contributed by atoms with Gasteiger partial charge in [-0.15, -0.1) is 0 Å². The number of aliphatic hydroxyl groups is 4. The van der Waals surface area contributed by atoms with Gasteiger partial charge in [0.1, 0.15) is 18.3 Å². The van der Waals surface area contributed by atoms with E-state index in [4.69, 9.17) is 9.47 Å². The highest BCUT2D eigenvalue weighted by molar-refractivity contribution is 5.08. The van der Waals surface area contributed by atoms with Gasteiger partial charge in [0.05, 0.1) is 19.3 Å². The standard InChI is InChI=1S/C15H26O6/c1-9(2)4-5-11(16)10(3)6-7-20-15-14(19)13(18)12(17)8-21-15/h4,6,11-19H,5,7-8H2,1-3H3/b10-6+/t11-,12-,13-,14+,15+/m0/s1. The van der Waals surface area contributed by atoms with Crippen LogP contribution in [0, 0.1) is 0 Å². The third-order valence-corrected chi connectivity index (χ3v) is 3.40. The van der Waals surface area contributed by atoms with Crippen LogP contribution >= 0.6 is 0 Å². The zero-order chi connectivity index (χ0) is 16.0. The Morgan fingerprint density at radius 2 is 1.86 bits per heavy atom. The van der Waals surface area contributed by atoms with Crippen LogP contribution in [0.1, 0.15) is 27.2 Å². The van der Waals surface area contributed by atoms with E-state index in [9.17, 15) is 20.4 Å². The molecule has 4 N–H and O–H groups in total. The highest BCUT2D eigenvalue weighted by Gasteiger charge is 2.37. The summed E-state index contributed by atoms with van der Waals surface area (Å²) in [6.45, 7) is 5.79. The minimum absolute atomic E-state index is 0.0885. The molecule has 1 aliphatic rings. The van der Waals surface area contributed by atoms with Gasteiger partial charge in [0.25, 0.3) is 0 Å². The van der Waals surface area contributed by atoms with Crippen LogP contribution in [0.4, 0.5) is 0 Å². The number of hydrogen-bond donors (Lipinski definition) is 4. The molecule has 1 rings (SSSR count). The van der Waals surface area contributed by atoms with Crippen molar-refractivity contribution in [3.8, 4) is 0 Å². The molecule has 122 valence electrons. The zero-order valence-corrected chi connectivity index (χ0v) is 12.8. The van der Waals surface area contributed by atoms with Crippen molar-refractivity contribution >= 4 is 0 Å². The van der Waals surface area contributed by atoms with Gasteiger partial charge in [0, 0.05) is 0 Å². The van der Waals surface area contributed by atoms with Crippen molar-refractivity contribution in [2.75, 3.05) is 13.2 Å². The van der Waals surface area contributed by atoms with Crippen LogP contribution in [0.3, 0.4) is 0 Å². The van der Waals surface area contributed by atoms with E-state index in [1.807, 2.05) is 19.9 Å². The Labute approximate surface area is 125 Å². The summed E-state index contributed by atoms with van der Waals surface area (Å²) in [6.07, 6.45) is -1.04. The smallest absolute Gasteiger partial charge is 0.186 e. The number of allylic oxidation sites excluding steroid dienone is 1. The van der Waals surface area contributed by atoms with Crippen molar-refractivity contribution in [2.45, 2.75) is 57.9 Å². The van der Waals surface area contributed by atoms with E-state index in [1.165, 1.54) is 0 Å². The summed E-state index contributed by atoms with van der Waals surface area (Å²) in [5.41, 5.74) is 1.91. The molecule has 1 saturated heterocycles. The first kappa shape index (κ1) is 18.3. The summed E-state index contributed by atoms with van der Waals surface area (Å²) < 4.78 is 10.4. The summed E-state index contributed by atoms with van der Waals surface area (Å²) in [4.78, 5) is 0. The summed E-state index contributed by atoms with van der Waals surface area (Å²) in [6, 6.07) is 0. The maximum absolute atomic E-state index is 9.91. The Balaban J connectivity index is 2.41. The molecule has 1 aliphatic heterocycles. The monoisotopic (exact) mass is 302 g/mol. The zero-order valence-electron chi connectivity index (χ0n) is 12.8. The molecular formula is C15H26O6. The number of ether oxygens (including phenoxy) is 2. The van der Waals surface area contributed by atoms with Crippen LogP contribution in [-0.4, -0.2) is 64.3 Å². The van der Waals surface area contributed by atoms with E-state index < -0.39 is 30.7 Å². The first-order chi connectivity index (χ1) is 9.82. The number of hydrogen-bond acceptors (Lipinski definition) is 6. The lowest BCUT2D eigenvalue weighted by Crippen LogP contribution is -2.53. The Bertz CT molecular complexity index is 374. The molecule has 0 aliphatic carbocycles. The predicted molar refractivity (Wildman–Crippen MR) is 77.5 cm³/mol. The molecule has 0 aromatic heterocycles. The topological polar surface area (TPSA) is 99.4 Å². The molecule has 6 heteroatoms. The molecule has 0 aromatic rings. The molecule has 0 unspecified atom stereocenters. The van der Waals surface area contributed by atoms with Crippen molar-refractivity contribution in [3.63, 3.8) is 0 Å². The van der Waals surface area contributed by atoms with E-state index in [2.05, 4.69) is 0 Å². The Morgan fingerprint density at radius 1 is 1.19 bits per heavy atom. The van der Waals surface area contributed by atoms with Gasteiger partial charge in [-0.25, -0.2) is 0 Å². The maximum Gasteiger partial charge on any atom is 0.186 e. The molecule has 1 heterocycles. The summed E-state index contributed by atoms with van der Waals surface area (Å²) in [5.74, 6) is 0. The third kappa shape index (κ3) is 5.86. The van der Waals surface area contributed by atoms with Gasteiger partial charge in [-0.2, -0.15) is 0 Å². The molecule has 0 bridgehead atoms. The van der Waals surface area contributed by atoms with Crippen molar-refractivity contribution in [3.05, 3.63) is 23.3 Å². The third-order valence-electron chi connectivity index (χ3n) is 3.40. The first-order valence-corrected chi connectivity index (χ1v) is 7.08. The van der Waals surface area contributed by atoms with Crippen LogP contribution in [0.2, 0.25) is 0 Å². The van der Waals surface area contributed by atoms with Gasteiger partial charge in [-0.1, -0.05) is 17.7 Å². The second-order valence-corrected chi connectivity index (χ2v) is 5.56. The highest BCUT2D eigenvalue weighted by atomic mass is 16.7. The van der Waals surface area contributed by atoms with Crippen LogP contribution in [-0.2, 0) is 9.47 Å². The largest absolute Gasteiger partial charge is 0.388 e. The maximum atomic E-state index is 9.91. The number of aliphatic hydroxyl groups excluding tert-OH is 4. The van der Waals surface area contributed by atoms with Gasteiger partial charge in [-0.3, -0.25) is 0 Å². The lowest BCUT2D eigenvalue weighted by atomic mass is 10.1. The van der Waals surface area contributed by atoms with Crippen molar-refractivity contribution in [1.29, 1.82) is 0 Å². The van der Waals surface area contributed by atoms with Gasteiger partial charge < -0.3 is 29.9 Å². The lowest BCUT2D eigenvalue weighted by Gasteiger charge is -2.34. The molecule has 0 aromatic carbocycles. The quantitative estimate of drug-likeness (QED) is 0.520. The molecule has 1 fully saturated rings. The van der Waals surface area contributed by atoms with Crippen molar-refractivity contribution < 1.29 is 29.9 Å². The fourth-order valence-corrected chi connectivity index (χ4v) is 1.87. The van der Waals surface area contributed by atoms with Crippen LogP contribution in [0.5, 0.6) is 0 Å². The molecular weight excluding hydrogens is 276 g/mol. The second-order valence-electron chi connectivity index (χ2n) is 5.56. The summed E-state index contributed by atoms with van der Waals surface area (Å²) >= 11 is 0. The van der Waals surface area contributed by atoms with Gasteiger partial charge in [0.15, 0.2) is 6.29 Å². The fraction of sp³-hybridized carbons (Fsp3) is 0.733. The SMILES string of the molecule is CC(C)=CC[C@H](O)/C(C)=C/CO[C@@H]1OC[C@H](O)[C@H](O)[C@H]1O. The average Bonchev–Trinajstić information content (AvgIpc) is 2.44. The molecule has 0 amide bonds. The Morgan fingerprint density at radius 3 is 2.48 bits per heavy atom. The molecule has 5 atom stereocenters. The van der Waals surface area contributed by atoms with Gasteiger partial charge in [0.2, 0.25) is 0 Å². The van der Waals surface area contributed by atoms with Gasteiger partial charge in [-0.05, 0) is 32.8 Å². The highest BCUT2D eigenvalue weighted by Crippen LogP contribution is 2.17. The predicted octanol–water partition coefficient (Wildman–Crippen LogP) is 0.105. The normalized spacial score (nSPS) is 31.9. The van der Waals surface area contributed by atoms with Crippen LogP contribution < -0.4 is 0 Å². The lowest BCUT2D eigenvalue weighted by molar-refractivity contribution is -0.266. The van der Waals surface area contributed by atoms with E-state index in [0.29, 0.717) is 6.42 Å². The number of rotatable bonds is 6. The Hall–Kier alpha value is -0.760. The molecule has 0 saturated carbocycles. The second kappa shape index (κ2) is 8.63. The van der Waals surface area contributed by atoms with E-state index in [1.54, 1.807) is 13.0 Å². The summed E-state index contributed by atoms with van der Waals surface area (Å²) in [5, 5.41) is 38.4. The molecule has 6 nitrogen and oxygen atoms in total. The first-order valence-electron chi connectivity index (χ1n) is 7.08. The van der Waals surface area contributed by atoms with Crippen molar-refractivity contribution in [1.82, 2.24) is 0 Å². The van der Waals surface area contributed by atoms with Crippen LogP contribution in [0.15, 0.2) is 23.3 Å². The van der Waals surface area contributed by atoms with E-state index in [0.717, 1.165) is 11.1 Å². The summed E-state index contributed by atoms with van der Waals surface area (Å²) in [7, 11) is 0. The van der Waals surface area contributed by atoms with E-state index >= 15 is 0 Å². The molecule has 0 spiro atoms. The fourth-order valence-electron chi connectivity index (χ4n) is 1.87. The minimum atomic E-state index is -1.29. The molecule has 21 heavy (non-hydrogen) atoms. The van der Waals surface area contributed by atoms with E-state index in [-0.39, 0.29) is 13.2 Å². The van der Waals surface area contributed by atoms with Gasteiger partial charge >= 0.3 is 0 Å². The average molecular weight is 302 g/mol. The minimum Gasteiger partial charge on any atom is -0.388 e.